The molecule has 4 heteroatoms. The molecule has 2 rings (SSSR count). The van der Waals surface area contributed by atoms with Crippen molar-refractivity contribution >= 4 is 0 Å². The van der Waals surface area contributed by atoms with Crippen LogP contribution in [0.25, 0.3) is 5.69 Å². The molecule has 2 aromatic heterocycles. The summed E-state index contributed by atoms with van der Waals surface area (Å²) in [7, 11) is 0. The van der Waals surface area contributed by atoms with Gasteiger partial charge in [0.05, 0.1) is 5.69 Å². The van der Waals surface area contributed by atoms with Gasteiger partial charge in [0.1, 0.15) is 0 Å². The first kappa shape index (κ1) is 7.67. The average Bonchev–Trinajstić information content (AvgIpc) is 2.48. The van der Waals surface area contributed by atoms with E-state index in [1.54, 1.807) is 24.5 Å². The number of rotatable bonds is 1. The summed E-state index contributed by atoms with van der Waals surface area (Å²) in [6.45, 7) is 0. The second-order valence-electron chi connectivity index (χ2n) is 2.59. The molecule has 66 valence electrons. The molecule has 0 aliphatic carbocycles. The zero-order valence-corrected chi connectivity index (χ0v) is 6.75. The van der Waals surface area contributed by atoms with E-state index in [1.807, 2.05) is 0 Å². The van der Waals surface area contributed by atoms with Crippen molar-refractivity contribution < 1.29 is 10.2 Å². The molecule has 2 N–H and O–H groups in total. The van der Waals surface area contributed by atoms with Gasteiger partial charge >= 0.3 is 0 Å². The Morgan fingerprint density at radius 1 is 0.923 bits per heavy atom. The number of nitrogens with zero attached hydrogens (tertiary/aromatic N) is 2. The van der Waals surface area contributed by atoms with Crippen LogP contribution in [0.15, 0.2) is 36.7 Å². The summed E-state index contributed by atoms with van der Waals surface area (Å²) in [5, 5.41) is 18.7. The lowest BCUT2D eigenvalue weighted by Gasteiger charge is -2.04. The van der Waals surface area contributed by atoms with Crippen molar-refractivity contribution in [2.45, 2.75) is 0 Å². The molecule has 0 aliphatic rings. The molecule has 0 fully saturated rings. The summed E-state index contributed by atoms with van der Waals surface area (Å²) >= 11 is 0. The summed E-state index contributed by atoms with van der Waals surface area (Å²) in [5.74, 6) is 0.00685. The molecule has 2 heterocycles. The zero-order valence-electron chi connectivity index (χ0n) is 6.75. The van der Waals surface area contributed by atoms with E-state index in [1.165, 1.54) is 16.7 Å². The second kappa shape index (κ2) is 2.82. The summed E-state index contributed by atoms with van der Waals surface area (Å²) in [5.41, 5.74) is 0.676. The van der Waals surface area contributed by atoms with Crippen molar-refractivity contribution in [2.24, 2.45) is 0 Å². The van der Waals surface area contributed by atoms with Crippen LogP contribution >= 0.6 is 0 Å². The van der Waals surface area contributed by atoms with Crippen molar-refractivity contribution in [1.29, 1.82) is 0 Å². The normalized spacial score (nSPS) is 10.2. The molecule has 0 amide bonds. The van der Waals surface area contributed by atoms with Gasteiger partial charge in [-0.05, 0) is 12.1 Å². The van der Waals surface area contributed by atoms with Gasteiger partial charge in [0.15, 0.2) is 11.8 Å². The van der Waals surface area contributed by atoms with Gasteiger partial charge in [0, 0.05) is 24.5 Å². The number of hydrogen-bond donors (Lipinski definition) is 2. The van der Waals surface area contributed by atoms with E-state index >= 15 is 0 Å². The van der Waals surface area contributed by atoms with Crippen molar-refractivity contribution in [2.75, 3.05) is 0 Å². The van der Waals surface area contributed by atoms with Crippen LogP contribution in [-0.4, -0.2) is 19.8 Å². The van der Waals surface area contributed by atoms with Crippen molar-refractivity contribution in [3.8, 4) is 17.4 Å². The highest BCUT2D eigenvalue weighted by molar-refractivity contribution is 5.40. The van der Waals surface area contributed by atoms with Crippen molar-refractivity contribution in [3.05, 3.63) is 36.7 Å². The highest BCUT2D eigenvalue weighted by Gasteiger charge is 2.06. The first-order chi connectivity index (χ1) is 6.29. The summed E-state index contributed by atoms with van der Waals surface area (Å²) in [6.07, 6.45) is 3.18. The molecule has 4 nitrogen and oxygen atoms in total. The monoisotopic (exact) mass is 176 g/mol. The quantitative estimate of drug-likeness (QED) is 0.688. The minimum atomic E-state index is 0.00343. The van der Waals surface area contributed by atoms with Crippen LogP contribution in [0.4, 0.5) is 0 Å². The molecule has 13 heavy (non-hydrogen) atoms. The minimum absolute atomic E-state index is 0.00343. The number of aromatic nitrogens is 2. The molecule has 0 bridgehead atoms. The maximum atomic E-state index is 9.37. The third-order valence-electron chi connectivity index (χ3n) is 1.76. The third-order valence-corrected chi connectivity index (χ3v) is 1.76. The van der Waals surface area contributed by atoms with Crippen LogP contribution in [0.3, 0.4) is 0 Å². The summed E-state index contributed by atoms with van der Waals surface area (Å²) in [6, 6.07) is 6.24. The smallest absolute Gasteiger partial charge is 0.198 e. The molecule has 0 saturated carbocycles. The first-order valence-electron chi connectivity index (χ1n) is 3.79. The van der Waals surface area contributed by atoms with Gasteiger partial charge in [-0.3, -0.25) is 9.55 Å². The Morgan fingerprint density at radius 3 is 2.00 bits per heavy atom. The molecule has 0 saturated heterocycles. The molecule has 0 atom stereocenters. The lowest BCUT2D eigenvalue weighted by molar-refractivity contribution is 0.402. The third kappa shape index (κ3) is 1.22. The molecular formula is C9H8N2O2. The Hall–Kier alpha value is -1.97. The maximum absolute atomic E-state index is 9.37. The standard InChI is InChI=1S/C9H8N2O2/c12-8-1-2-9(13)11(8)7-3-5-10-6-4-7/h1-6,12-13H. The van der Waals surface area contributed by atoms with Gasteiger partial charge in [-0.2, -0.15) is 0 Å². The van der Waals surface area contributed by atoms with Crippen LogP contribution in [0, 0.1) is 0 Å². The van der Waals surface area contributed by atoms with Crippen LogP contribution < -0.4 is 0 Å². The van der Waals surface area contributed by atoms with E-state index in [2.05, 4.69) is 4.98 Å². The molecule has 0 radical (unpaired) electrons. The Kier molecular flexibility index (Phi) is 1.66. The van der Waals surface area contributed by atoms with E-state index in [-0.39, 0.29) is 11.8 Å². The molecule has 0 unspecified atom stereocenters. The molecular weight excluding hydrogens is 168 g/mol. The van der Waals surface area contributed by atoms with E-state index in [0.29, 0.717) is 5.69 Å². The van der Waals surface area contributed by atoms with Crippen LogP contribution in [0.2, 0.25) is 0 Å². The molecule has 0 spiro atoms. The largest absolute Gasteiger partial charge is 0.494 e. The number of hydrogen-bond acceptors (Lipinski definition) is 3. The lowest BCUT2D eigenvalue weighted by atomic mass is 10.4. The van der Waals surface area contributed by atoms with E-state index in [0.717, 1.165) is 0 Å². The van der Waals surface area contributed by atoms with Crippen LogP contribution in [-0.2, 0) is 0 Å². The summed E-state index contributed by atoms with van der Waals surface area (Å²) < 4.78 is 1.32. The average molecular weight is 176 g/mol. The predicted octanol–water partition coefficient (Wildman–Crippen LogP) is 1.28. The lowest BCUT2D eigenvalue weighted by Crippen LogP contribution is -1.91. The Morgan fingerprint density at radius 2 is 1.46 bits per heavy atom. The molecule has 0 aliphatic heterocycles. The van der Waals surface area contributed by atoms with Crippen molar-refractivity contribution in [1.82, 2.24) is 9.55 Å². The highest BCUT2D eigenvalue weighted by Crippen LogP contribution is 2.25. The van der Waals surface area contributed by atoms with Gasteiger partial charge in [0.25, 0.3) is 0 Å². The van der Waals surface area contributed by atoms with E-state index < -0.39 is 0 Å². The highest BCUT2D eigenvalue weighted by atomic mass is 16.3. The van der Waals surface area contributed by atoms with E-state index in [9.17, 15) is 10.2 Å². The van der Waals surface area contributed by atoms with Crippen LogP contribution in [0.5, 0.6) is 11.8 Å². The van der Waals surface area contributed by atoms with Crippen molar-refractivity contribution in [3.63, 3.8) is 0 Å². The van der Waals surface area contributed by atoms with Gasteiger partial charge in [-0.1, -0.05) is 0 Å². The van der Waals surface area contributed by atoms with Gasteiger partial charge in [-0.25, -0.2) is 0 Å². The fourth-order valence-electron chi connectivity index (χ4n) is 1.17. The predicted molar refractivity (Wildman–Crippen MR) is 46.9 cm³/mol. The SMILES string of the molecule is Oc1ccc(O)n1-c1ccncc1. The van der Waals surface area contributed by atoms with Crippen LogP contribution in [0.1, 0.15) is 0 Å². The fourth-order valence-corrected chi connectivity index (χ4v) is 1.17. The molecule has 2 aromatic rings. The maximum Gasteiger partial charge on any atom is 0.198 e. The zero-order chi connectivity index (χ0) is 9.26. The first-order valence-corrected chi connectivity index (χ1v) is 3.79. The van der Waals surface area contributed by atoms with Gasteiger partial charge < -0.3 is 10.2 Å². The van der Waals surface area contributed by atoms with E-state index in [4.69, 9.17) is 0 Å². The minimum Gasteiger partial charge on any atom is -0.494 e. The Balaban J connectivity index is 2.59. The molecule has 0 aromatic carbocycles. The van der Waals surface area contributed by atoms with Gasteiger partial charge in [-0.15, -0.1) is 0 Å². The fraction of sp³-hybridized carbons (Fsp3) is 0. The number of aromatic hydroxyl groups is 2. The Labute approximate surface area is 74.7 Å². The number of pyridine rings is 1. The summed E-state index contributed by atoms with van der Waals surface area (Å²) in [4.78, 5) is 3.84. The Bertz CT molecular complexity index is 389. The topological polar surface area (TPSA) is 58.3 Å². The van der Waals surface area contributed by atoms with Gasteiger partial charge in [0.2, 0.25) is 0 Å². The second-order valence-corrected chi connectivity index (χ2v) is 2.59.